The predicted molar refractivity (Wildman–Crippen MR) is 323 cm³/mol. The fourth-order valence-corrected chi connectivity index (χ4v) is 12.1. The Morgan fingerprint density at radius 1 is 0.377 bits per heavy atom. The zero-order chi connectivity index (χ0) is 54.1. The first-order valence-electron chi connectivity index (χ1n) is 30.3. The summed E-state index contributed by atoms with van der Waals surface area (Å²) in [7, 11) is -8.97. The zero-order valence-corrected chi connectivity index (χ0v) is 51.6. The molecule has 0 aliphatic carbocycles. The number of unbranched alkanes of at least 4 members (excludes halogenated alkanes) is 30. The Bertz CT molecular complexity index is 2230. The van der Waals surface area contributed by atoms with E-state index in [2.05, 4.69) is 58.5 Å². The summed E-state index contributed by atoms with van der Waals surface area (Å²) in [5, 5.41) is 7.13. The van der Waals surface area contributed by atoms with Crippen LogP contribution >= 0.6 is 0 Å². The van der Waals surface area contributed by atoms with Gasteiger partial charge in [0.05, 0.1) is 44.9 Å². The van der Waals surface area contributed by atoms with Crippen LogP contribution in [0.4, 0.5) is 22.7 Å². The van der Waals surface area contributed by atoms with Crippen LogP contribution in [0.25, 0.3) is 0 Å². The molecule has 2 atom stereocenters. The van der Waals surface area contributed by atoms with Crippen LogP contribution < -0.4 is 20.4 Å². The fraction of sp³-hybridized carbons (Fsp3) is 0.625. The minimum atomic E-state index is -4.49. The van der Waals surface area contributed by atoms with E-state index >= 15 is 0 Å². The topological polar surface area (TPSA) is 145 Å². The fourth-order valence-electron chi connectivity index (χ4n) is 11.1. The van der Waals surface area contributed by atoms with Crippen molar-refractivity contribution in [1.29, 1.82) is 0 Å². The summed E-state index contributed by atoms with van der Waals surface area (Å²) >= 11 is 0. The molecule has 0 radical (unpaired) electrons. The molecule has 6 rings (SSSR count). The number of hydrogen-bond donors (Lipinski definition) is 2. The molecule has 0 bridgehead atoms. The molecule has 2 aliphatic rings. The summed E-state index contributed by atoms with van der Waals surface area (Å²) in [4.78, 5) is 4.09. The Morgan fingerprint density at radius 3 is 0.896 bits per heavy atom. The monoisotopic (exact) mass is 1120 g/mol. The average Bonchev–Trinajstić information content (AvgIpc) is 3.96. The Hall–Kier alpha value is -2.84. The molecule has 0 aromatic heterocycles. The second-order valence-electron chi connectivity index (χ2n) is 22.0. The van der Waals surface area contributed by atoms with Gasteiger partial charge in [0.1, 0.15) is 20.2 Å². The van der Waals surface area contributed by atoms with Gasteiger partial charge < -0.3 is 29.5 Å². The van der Waals surface area contributed by atoms with Crippen molar-refractivity contribution in [2.75, 3.05) is 20.4 Å². The van der Waals surface area contributed by atoms with Crippen molar-refractivity contribution in [2.45, 2.75) is 267 Å². The van der Waals surface area contributed by atoms with Gasteiger partial charge in [-0.15, -0.1) is 0 Å². The van der Waals surface area contributed by atoms with Gasteiger partial charge in [0, 0.05) is 13.1 Å². The molecule has 2 N–H and O–H groups in total. The largest absolute Gasteiger partial charge is 2.00 e. The van der Waals surface area contributed by atoms with Gasteiger partial charge in [-0.1, -0.05) is 267 Å². The molecule has 2 unspecified atom stereocenters. The van der Waals surface area contributed by atoms with Crippen molar-refractivity contribution in [3.05, 3.63) is 108 Å². The maximum Gasteiger partial charge on any atom is 2.00 e. The molecular weight excluding hydrogens is 1020 g/mol. The molecule has 2 aliphatic heterocycles. The first kappa shape index (κ1) is 66.7. The van der Waals surface area contributed by atoms with Gasteiger partial charge >= 0.3 is 37.7 Å². The zero-order valence-electron chi connectivity index (χ0n) is 47.7. The Labute approximate surface area is 498 Å². The number of anilines is 4. The third-order valence-corrected chi connectivity index (χ3v) is 17.2. The second kappa shape index (κ2) is 38.7. The number of nitrogens with zero attached hydrogens (tertiary/aromatic N) is 2. The molecule has 0 fully saturated rings. The van der Waals surface area contributed by atoms with Crippen LogP contribution in [0.5, 0.6) is 0 Å². The Kier molecular flexibility index (Phi) is 33.5. The van der Waals surface area contributed by atoms with Crippen molar-refractivity contribution in [3.8, 4) is 0 Å². The Morgan fingerprint density at radius 2 is 0.636 bits per heavy atom. The van der Waals surface area contributed by atoms with E-state index in [-0.39, 0.29) is 59.9 Å². The third-order valence-electron chi connectivity index (χ3n) is 15.6. The molecule has 4 aromatic rings. The molecule has 13 heteroatoms. The van der Waals surface area contributed by atoms with E-state index in [0.29, 0.717) is 13.1 Å². The van der Waals surface area contributed by atoms with Crippen molar-refractivity contribution >= 4 is 80.7 Å². The standard InChI is InChI=1S/2C32H50N2O3S.Ca/c2*1-2-3-4-5-6-7-8-9-10-11-12-13-14-15-16-20-23-32-33-30-25-24-29(38(35,36)37)26-31(30)34(32)27-28-21-18-17-19-22-28;/h2*17-19,21-22,24-26,32-33H,2-16,20,23,27H2,1H3,(H,35,36,37);/q;;+2/p-2. The van der Waals surface area contributed by atoms with Gasteiger partial charge in [-0.05, 0) is 73.2 Å². The SMILES string of the molecule is CCCCCCCCCCCCCCCCCCC1Nc2ccc(S(=O)(=O)[O-])cc2N1Cc1ccccc1.CCCCCCCCCCCCCCCCCCC1Nc2ccc(S(=O)(=O)[O-])cc2N1Cc1ccccc1.[Ca+2]. The van der Waals surface area contributed by atoms with E-state index in [1.165, 1.54) is 217 Å². The van der Waals surface area contributed by atoms with Crippen molar-refractivity contribution < 1.29 is 25.9 Å². The van der Waals surface area contributed by atoms with Crippen LogP contribution in [0.3, 0.4) is 0 Å². The Balaban J connectivity index is 0.000000328. The number of benzene rings is 4. The van der Waals surface area contributed by atoms with Crippen molar-refractivity contribution in [1.82, 2.24) is 0 Å². The number of nitrogens with one attached hydrogen (secondary N) is 2. The summed E-state index contributed by atoms with van der Waals surface area (Å²) in [6.45, 7) is 5.90. The molecule has 4 aromatic carbocycles. The molecule has 0 saturated carbocycles. The van der Waals surface area contributed by atoms with Gasteiger partial charge in [0.25, 0.3) is 0 Å². The first-order valence-corrected chi connectivity index (χ1v) is 33.1. The van der Waals surface area contributed by atoms with Crippen LogP contribution in [-0.2, 0) is 33.3 Å². The van der Waals surface area contributed by atoms with Gasteiger partial charge in [-0.25, -0.2) is 16.8 Å². The van der Waals surface area contributed by atoms with E-state index in [4.69, 9.17) is 0 Å². The maximum absolute atomic E-state index is 11.6. The van der Waals surface area contributed by atoms with E-state index in [0.717, 1.165) is 59.6 Å². The van der Waals surface area contributed by atoms with Crippen LogP contribution in [-0.4, -0.2) is 76.0 Å². The van der Waals surface area contributed by atoms with Crippen LogP contribution in [0, 0.1) is 0 Å². The quantitative estimate of drug-likeness (QED) is 0.0251. The molecule has 424 valence electrons. The summed E-state index contributed by atoms with van der Waals surface area (Å²) < 4.78 is 69.7. The van der Waals surface area contributed by atoms with Gasteiger partial charge in [0.15, 0.2) is 0 Å². The third kappa shape index (κ3) is 26.1. The molecule has 2 heterocycles. The summed E-state index contributed by atoms with van der Waals surface area (Å²) in [5.41, 5.74) is 5.72. The van der Waals surface area contributed by atoms with Gasteiger partial charge in [0.2, 0.25) is 0 Å². The summed E-state index contributed by atoms with van der Waals surface area (Å²) in [6.07, 6.45) is 45.5. The molecule has 0 saturated heterocycles. The minimum Gasteiger partial charge on any atom is -0.744 e. The van der Waals surface area contributed by atoms with Gasteiger partial charge in [-0.2, -0.15) is 0 Å². The molecule has 0 amide bonds. The molecule has 77 heavy (non-hydrogen) atoms. The number of fused-ring (bicyclic) bond motifs is 2. The molecular formula is C64H98CaN4O6S2. The van der Waals surface area contributed by atoms with Crippen LogP contribution in [0.15, 0.2) is 107 Å². The summed E-state index contributed by atoms with van der Waals surface area (Å²) in [6, 6.07) is 29.7. The molecule has 0 spiro atoms. The van der Waals surface area contributed by atoms with Crippen LogP contribution in [0.1, 0.15) is 243 Å². The normalized spacial score (nSPS) is 14.8. The smallest absolute Gasteiger partial charge is 0.744 e. The average molecular weight is 1120 g/mol. The van der Waals surface area contributed by atoms with E-state index in [1.54, 1.807) is 12.1 Å². The predicted octanol–water partition coefficient (Wildman–Crippen LogP) is 17.6. The second-order valence-corrected chi connectivity index (χ2v) is 24.8. The van der Waals surface area contributed by atoms with E-state index in [1.807, 2.05) is 36.4 Å². The van der Waals surface area contributed by atoms with E-state index < -0.39 is 20.2 Å². The maximum atomic E-state index is 11.6. The van der Waals surface area contributed by atoms with Gasteiger partial charge in [-0.3, -0.25) is 0 Å². The number of rotatable bonds is 40. The van der Waals surface area contributed by atoms with Crippen molar-refractivity contribution in [3.63, 3.8) is 0 Å². The minimum absolute atomic E-state index is 0. The molecule has 10 nitrogen and oxygen atoms in total. The summed E-state index contributed by atoms with van der Waals surface area (Å²) in [5.74, 6) is 0. The van der Waals surface area contributed by atoms with Crippen molar-refractivity contribution in [2.24, 2.45) is 0 Å². The first-order chi connectivity index (χ1) is 37.0. The van der Waals surface area contributed by atoms with Crippen LogP contribution in [0.2, 0.25) is 0 Å². The number of hydrogen-bond acceptors (Lipinski definition) is 10. The van der Waals surface area contributed by atoms with E-state index in [9.17, 15) is 25.9 Å².